The van der Waals surface area contributed by atoms with Gasteiger partial charge in [0, 0.05) is 51.8 Å². The summed E-state index contributed by atoms with van der Waals surface area (Å²) in [6.45, 7) is 1.78. The quantitative estimate of drug-likeness (QED) is 0.799. The SMILES string of the molecule is CN(C)C(=O)[C@H]1CCS(=O)(=O)[C@@H]2CN(Cc3ccccn3)C[C@H]12. The fourth-order valence-corrected chi connectivity index (χ4v) is 5.92. The minimum atomic E-state index is -3.11. The third kappa shape index (κ3) is 3.26. The lowest BCUT2D eigenvalue weighted by molar-refractivity contribution is -0.134. The van der Waals surface area contributed by atoms with Crippen molar-refractivity contribution >= 4 is 15.7 Å². The molecule has 0 aromatic carbocycles. The molecule has 2 fully saturated rings. The molecule has 3 heterocycles. The van der Waals surface area contributed by atoms with E-state index in [4.69, 9.17) is 0 Å². The zero-order valence-electron chi connectivity index (χ0n) is 13.6. The van der Waals surface area contributed by atoms with Crippen molar-refractivity contribution in [1.82, 2.24) is 14.8 Å². The molecule has 6 nitrogen and oxygen atoms in total. The van der Waals surface area contributed by atoms with Gasteiger partial charge in [0.15, 0.2) is 9.84 Å². The molecule has 2 aliphatic rings. The predicted octanol–water partition coefficient (Wildman–Crippen LogP) is 0.405. The van der Waals surface area contributed by atoms with Gasteiger partial charge in [-0.25, -0.2) is 8.42 Å². The van der Waals surface area contributed by atoms with Crippen LogP contribution in [-0.4, -0.2) is 67.3 Å². The number of nitrogens with zero attached hydrogens (tertiary/aromatic N) is 3. The number of sulfone groups is 1. The fraction of sp³-hybridized carbons (Fsp3) is 0.625. The number of fused-ring (bicyclic) bond motifs is 1. The maximum absolute atomic E-state index is 12.4. The van der Waals surface area contributed by atoms with E-state index >= 15 is 0 Å². The molecular weight excluding hydrogens is 314 g/mol. The molecule has 0 aliphatic carbocycles. The van der Waals surface area contributed by atoms with Crippen molar-refractivity contribution in [2.24, 2.45) is 11.8 Å². The number of carbonyl (C=O) groups is 1. The fourth-order valence-electron chi connectivity index (χ4n) is 3.79. The van der Waals surface area contributed by atoms with Crippen molar-refractivity contribution in [2.75, 3.05) is 32.9 Å². The van der Waals surface area contributed by atoms with Crippen LogP contribution in [0.5, 0.6) is 0 Å². The topological polar surface area (TPSA) is 70.6 Å². The number of hydrogen-bond acceptors (Lipinski definition) is 5. The molecule has 0 radical (unpaired) electrons. The molecule has 3 atom stereocenters. The summed E-state index contributed by atoms with van der Waals surface area (Å²) >= 11 is 0. The van der Waals surface area contributed by atoms with Gasteiger partial charge in [-0.2, -0.15) is 0 Å². The van der Waals surface area contributed by atoms with Gasteiger partial charge < -0.3 is 4.90 Å². The van der Waals surface area contributed by atoms with Crippen LogP contribution in [0.3, 0.4) is 0 Å². The van der Waals surface area contributed by atoms with Crippen molar-refractivity contribution in [1.29, 1.82) is 0 Å². The van der Waals surface area contributed by atoms with E-state index in [2.05, 4.69) is 9.88 Å². The number of carbonyl (C=O) groups excluding carboxylic acids is 1. The molecule has 23 heavy (non-hydrogen) atoms. The van der Waals surface area contributed by atoms with Gasteiger partial charge in [0.05, 0.1) is 16.7 Å². The van der Waals surface area contributed by atoms with Gasteiger partial charge in [0.1, 0.15) is 0 Å². The molecule has 0 saturated carbocycles. The molecule has 1 aromatic rings. The Morgan fingerprint density at radius 2 is 2.13 bits per heavy atom. The summed E-state index contributed by atoms with van der Waals surface area (Å²) in [5.41, 5.74) is 0.930. The first-order valence-electron chi connectivity index (χ1n) is 7.93. The van der Waals surface area contributed by atoms with E-state index < -0.39 is 15.1 Å². The lowest BCUT2D eigenvalue weighted by Gasteiger charge is -2.33. The summed E-state index contributed by atoms with van der Waals surface area (Å²) in [6.07, 6.45) is 2.19. The molecule has 0 spiro atoms. The van der Waals surface area contributed by atoms with Crippen LogP contribution < -0.4 is 0 Å². The maximum Gasteiger partial charge on any atom is 0.225 e. The Bertz CT molecular complexity index is 675. The van der Waals surface area contributed by atoms with Gasteiger partial charge in [-0.05, 0) is 18.6 Å². The van der Waals surface area contributed by atoms with Gasteiger partial charge in [0.2, 0.25) is 5.91 Å². The van der Waals surface area contributed by atoms with Crippen molar-refractivity contribution in [3.05, 3.63) is 30.1 Å². The summed E-state index contributed by atoms with van der Waals surface area (Å²) in [5.74, 6) is -0.121. The van der Waals surface area contributed by atoms with Gasteiger partial charge in [-0.15, -0.1) is 0 Å². The second kappa shape index (κ2) is 6.20. The summed E-state index contributed by atoms with van der Waals surface area (Å²) in [7, 11) is 0.364. The monoisotopic (exact) mass is 337 g/mol. The van der Waals surface area contributed by atoms with Gasteiger partial charge in [0.25, 0.3) is 0 Å². The van der Waals surface area contributed by atoms with E-state index in [-0.39, 0.29) is 23.5 Å². The second-order valence-corrected chi connectivity index (χ2v) is 9.05. The Balaban J connectivity index is 1.79. The van der Waals surface area contributed by atoms with Crippen LogP contribution in [-0.2, 0) is 21.2 Å². The van der Waals surface area contributed by atoms with Crippen LogP contribution in [0.1, 0.15) is 12.1 Å². The van der Waals surface area contributed by atoms with Crippen LogP contribution in [0.4, 0.5) is 0 Å². The molecule has 3 rings (SSSR count). The zero-order chi connectivity index (χ0) is 16.6. The lowest BCUT2D eigenvalue weighted by Crippen LogP contribution is -2.46. The highest BCUT2D eigenvalue weighted by atomic mass is 32.2. The molecular formula is C16H23N3O3S. The first kappa shape index (κ1) is 16.4. The number of aromatic nitrogens is 1. The minimum absolute atomic E-state index is 0.0505. The lowest BCUT2D eigenvalue weighted by atomic mass is 9.87. The van der Waals surface area contributed by atoms with E-state index in [0.29, 0.717) is 26.1 Å². The van der Waals surface area contributed by atoms with Crippen LogP contribution in [0.25, 0.3) is 0 Å². The predicted molar refractivity (Wildman–Crippen MR) is 87.4 cm³/mol. The van der Waals surface area contributed by atoms with Crippen LogP contribution >= 0.6 is 0 Å². The van der Waals surface area contributed by atoms with E-state index in [9.17, 15) is 13.2 Å². The average Bonchev–Trinajstić information content (AvgIpc) is 2.93. The number of pyridine rings is 1. The van der Waals surface area contributed by atoms with Crippen molar-refractivity contribution < 1.29 is 13.2 Å². The number of rotatable bonds is 3. The largest absolute Gasteiger partial charge is 0.349 e. The van der Waals surface area contributed by atoms with Crippen LogP contribution in [0, 0.1) is 11.8 Å². The van der Waals surface area contributed by atoms with Crippen LogP contribution in [0.2, 0.25) is 0 Å². The van der Waals surface area contributed by atoms with Gasteiger partial charge in [-0.3, -0.25) is 14.7 Å². The molecule has 0 unspecified atom stereocenters. The third-order valence-corrected chi connectivity index (χ3v) is 7.17. The highest BCUT2D eigenvalue weighted by molar-refractivity contribution is 7.92. The molecule has 1 aromatic heterocycles. The standard InChI is InChI=1S/C16H23N3O3S/c1-18(2)16(20)13-6-8-23(21,22)15-11-19(10-14(13)15)9-12-5-3-4-7-17-12/h3-5,7,13-15H,6,8-11H2,1-2H3/t13-,14+,15+/m0/s1. The van der Waals surface area contributed by atoms with Gasteiger partial charge >= 0.3 is 0 Å². The van der Waals surface area contributed by atoms with Crippen LogP contribution in [0.15, 0.2) is 24.4 Å². The van der Waals surface area contributed by atoms with Gasteiger partial charge in [-0.1, -0.05) is 6.07 Å². The van der Waals surface area contributed by atoms with E-state index in [1.54, 1.807) is 25.2 Å². The molecule has 0 N–H and O–H groups in total. The number of likely N-dealkylation sites (tertiary alicyclic amines) is 1. The Hall–Kier alpha value is -1.47. The summed E-state index contributed by atoms with van der Waals surface area (Å²) in [5, 5.41) is -0.422. The Labute approximate surface area is 137 Å². The Morgan fingerprint density at radius 3 is 2.78 bits per heavy atom. The number of hydrogen-bond donors (Lipinski definition) is 0. The maximum atomic E-state index is 12.4. The average molecular weight is 337 g/mol. The van der Waals surface area contributed by atoms with Crippen molar-refractivity contribution in [3.8, 4) is 0 Å². The number of amides is 1. The first-order chi connectivity index (χ1) is 10.9. The highest BCUT2D eigenvalue weighted by Gasteiger charge is 2.50. The van der Waals surface area contributed by atoms with Crippen molar-refractivity contribution in [2.45, 2.75) is 18.2 Å². The minimum Gasteiger partial charge on any atom is -0.349 e. The molecule has 2 aliphatic heterocycles. The molecule has 7 heteroatoms. The summed E-state index contributed by atoms with van der Waals surface area (Å²) in [6, 6.07) is 5.74. The molecule has 126 valence electrons. The molecule has 1 amide bonds. The zero-order valence-corrected chi connectivity index (χ0v) is 14.4. The summed E-state index contributed by atoms with van der Waals surface area (Å²) in [4.78, 5) is 20.4. The first-order valence-corrected chi connectivity index (χ1v) is 9.65. The highest BCUT2D eigenvalue weighted by Crippen LogP contribution is 2.37. The Kier molecular flexibility index (Phi) is 4.42. The van der Waals surface area contributed by atoms with E-state index in [1.165, 1.54) is 0 Å². The van der Waals surface area contributed by atoms with E-state index in [0.717, 1.165) is 5.69 Å². The Morgan fingerprint density at radius 1 is 1.35 bits per heavy atom. The third-order valence-electron chi connectivity index (χ3n) is 4.95. The molecule has 0 bridgehead atoms. The van der Waals surface area contributed by atoms with Crippen molar-refractivity contribution in [3.63, 3.8) is 0 Å². The molecule has 2 saturated heterocycles. The normalized spacial score (nSPS) is 29.9. The smallest absolute Gasteiger partial charge is 0.225 e. The second-order valence-electron chi connectivity index (χ2n) is 6.71. The van der Waals surface area contributed by atoms with E-state index in [1.807, 2.05) is 18.2 Å². The summed E-state index contributed by atoms with van der Waals surface area (Å²) < 4.78 is 24.9.